The molecular weight excluding hydrogens is 674 g/mol. The zero-order chi connectivity index (χ0) is 37.8. The number of benzene rings is 2. The van der Waals surface area contributed by atoms with E-state index in [1.165, 1.54) is 17.0 Å². The number of nitrogens with zero attached hydrogens (tertiary/aromatic N) is 4. The van der Waals surface area contributed by atoms with Gasteiger partial charge in [0, 0.05) is 44.0 Å². The van der Waals surface area contributed by atoms with Gasteiger partial charge in [0.15, 0.2) is 0 Å². The highest BCUT2D eigenvalue weighted by Gasteiger charge is 2.41. The van der Waals surface area contributed by atoms with E-state index in [9.17, 15) is 29.1 Å². The van der Waals surface area contributed by atoms with Gasteiger partial charge in [-0.3, -0.25) is 9.59 Å². The van der Waals surface area contributed by atoms with Crippen LogP contribution in [0.4, 0.5) is 15.4 Å². The predicted octanol–water partition coefficient (Wildman–Crippen LogP) is 4.88. The van der Waals surface area contributed by atoms with Crippen LogP contribution in [0, 0.1) is 5.92 Å². The standard InChI is InChI=1S/C37H45N5O10/c1-36(2,3)50-33(45)29(52-42-31(43)26-10-7-8-11-27(26)32(42)44)22-49-25-13-14-28-24(18-25)12-15-30(39-28)40(19-23-20-41(21-23)35(47)48)17-9-16-38-34(46)51-37(4,5)6/h7-8,10-15,18,23,29H,9,16-17,19-22H2,1-6H3,(H,38,46)(H,47,48)/t29-/m0/s1. The van der Waals surface area contributed by atoms with E-state index in [2.05, 4.69) is 10.2 Å². The highest BCUT2D eigenvalue weighted by Crippen LogP contribution is 2.27. The molecule has 1 aromatic heterocycles. The third-order valence-electron chi connectivity index (χ3n) is 8.01. The van der Waals surface area contributed by atoms with Crippen molar-refractivity contribution in [3.05, 3.63) is 65.7 Å². The molecule has 2 N–H and O–H groups in total. The maximum Gasteiger partial charge on any atom is 0.407 e. The number of imide groups is 1. The van der Waals surface area contributed by atoms with Crippen molar-refractivity contribution < 1.29 is 48.1 Å². The SMILES string of the molecule is CC(C)(C)OC(=O)NCCCN(CC1CN(C(=O)O)C1)c1ccc2cc(OC[C@H](ON3C(=O)c4ccccc4C3=O)C(=O)OC(C)(C)C)ccc2n1. The molecule has 15 nitrogen and oxygen atoms in total. The van der Waals surface area contributed by atoms with Crippen LogP contribution in [0.15, 0.2) is 54.6 Å². The molecule has 0 radical (unpaired) electrons. The third kappa shape index (κ3) is 9.66. The largest absolute Gasteiger partial charge is 0.490 e. The minimum absolute atomic E-state index is 0.128. The average molecular weight is 720 g/mol. The molecule has 278 valence electrons. The summed E-state index contributed by atoms with van der Waals surface area (Å²) in [5.41, 5.74) is -0.476. The van der Waals surface area contributed by atoms with Crippen molar-refractivity contribution in [1.29, 1.82) is 0 Å². The molecule has 0 bridgehead atoms. The summed E-state index contributed by atoms with van der Waals surface area (Å²) in [6.07, 6.45) is -2.29. The number of likely N-dealkylation sites (tertiary alicyclic amines) is 1. The lowest BCUT2D eigenvalue weighted by Gasteiger charge is -2.40. The van der Waals surface area contributed by atoms with Gasteiger partial charge >= 0.3 is 18.2 Å². The number of anilines is 1. The fraction of sp³-hybridized carbons (Fsp3) is 0.459. The predicted molar refractivity (Wildman–Crippen MR) is 189 cm³/mol. The summed E-state index contributed by atoms with van der Waals surface area (Å²) in [5.74, 6) is -0.987. The Morgan fingerprint density at radius 3 is 2.21 bits per heavy atom. The lowest BCUT2D eigenvalue weighted by Crippen LogP contribution is -2.53. The molecule has 1 saturated heterocycles. The quantitative estimate of drug-likeness (QED) is 0.139. The Bertz CT molecular complexity index is 1790. The highest BCUT2D eigenvalue weighted by molar-refractivity contribution is 6.20. The van der Waals surface area contributed by atoms with Crippen LogP contribution >= 0.6 is 0 Å². The number of carbonyl (C=O) groups excluding carboxylic acids is 4. The molecule has 0 aliphatic carbocycles. The fourth-order valence-electron chi connectivity index (χ4n) is 5.66. The monoisotopic (exact) mass is 719 g/mol. The molecule has 4 amide bonds. The maximum absolute atomic E-state index is 13.2. The summed E-state index contributed by atoms with van der Waals surface area (Å²) in [7, 11) is 0. The molecule has 5 rings (SSSR count). The van der Waals surface area contributed by atoms with Gasteiger partial charge in [0.1, 0.15) is 29.4 Å². The summed E-state index contributed by atoms with van der Waals surface area (Å²) in [4.78, 5) is 76.4. The van der Waals surface area contributed by atoms with Gasteiger partial charge in [-0.05, 0) is 90.4 Å². The van der Waals surface area contributed by atoms with Crippen molar-refractivity contribution in [1.82, 2.24) is 20.3 Å². The first-order valence-corrected chi connectivity index (χ1v) is 17.1. The Labute approximate surface area is 301 Å². The molecule has 2 aliphatic rings. The van der Waals surface area contributed by atoms with E-state index in [-0.39, 0.29) is 23.7 Å². The lowest BCUT2D eigenvalue weighted by atomic mass is 10.00. The summed E-state index contributed by atoms with van der Waals surface area (Å²) in [5, 5.41) is 13.4. The number of carbonyl (C=O) groups is 5. The molecule has 52 heavy (non-hydrogen) atoms. The van der Waals surface area contributed by atoms with Crippen LogP contribution in [0.3, 0.4) is 0 Å². The fourth-order valence-corrected chi connectivity index (χ4v) is 5.66. The van der Waals surface area contributed by atoms with Gasteiger partial charge in [0.05, 0.1) is 16.6 Å². The van der Waals surface area contributed by atoms with Crippen LogP contribution in [-0.4, -0.2) is 107 Å². The second kappa shape index (κ2) is 15.4. The van der Waals surface area contributed by atoms with Crippen LogP contribution in [0.2, 0.25) is 0 Å². The molecule has 2 aromatic carbocycles. The summed E-state index contributed by atoms with van der Waals surface area (Å²) >= 11 is 0. The number of nitrogens with one attached hydrogen (secondary N) is 1. The number of ether oxygens (including phenoxy) is 3. The number of hydroxylamine groups is 2. The average Bonchev–Trinajstić information content (AvgIpc) is 3.27. The topological polar surface area (TPSA) is 177 Å². The number of fused-ring (bicyclic) bond motifs is 2. The molecule has 1 atom stereocenters. The Kier molecular flexibility index (Phi) is 11.2. The first-order chi connectivity index (χ1) is 24.5. The van der Waals surface area contributed by atoms with Crippen LogP contribution in [0.5, 0.6) is 5.75 Å². The van der Waals surface area contributed by atoms with E-state index in [1.807, 2.05) is 12.1 Å². The normalized spacial score (nSPS) is 15.2. The second-order valence-electron chi connectivity index (χ2n) is 14.7. The summed E-state index contributed by atoms with van der Waals surface area (Å²) < 4.78 is 16.8. The number of hydrogen-bond acceptors (Lipinski definition) is 11. The Hall–Kier alpha value is -5.44. The van der Waals surface area contributed by atoms with Crippen molar-refractivity contribution in [2.24, 2.45) is 5.92 Å². The van der Waals surface area contributed by atoms with E-state index in [1.54, 1.807) is 71.9 Å². The Morgan fingerprint density at radius 1 is 0.942 bits per heavy atom. The van der Waals surface area contributed by atoms with E-state index < -0.39 is 47.3 Å². The van der Waals surface area contributed by atoms with Gasteiger partial charge in [0.25, 0.3) is 11.8 Å². The molecule has 3 aromatic rings. The van der Waals surface area contributed by atoms with Gasteiger partial charge < -0.3 is 34.4 Å². The van der Waals surface area contributed by atoms with Crippen LogP contribution in [0.25, 0.3) is 10.9 Å². The van der Waals surface area contributed by atoms with Gasteiger partial charge in [-0.2, -0.15) is 0 Å². The van der Waals surface area contributed by atoms with Gasteiger partial charge in [-0.1, -0.05) is 12.1 Å². The molecule has 15 heteroatoms. The van der Waals surface area contributed by atoms with Gasteiger partial charge in [-0.15, -0.1) is 5.06 Å². The number of rotatable bonds is 13. The molecule has 0 spiro atoms. The first kappa shape index (κ1) is 37.8. The Balaban J connectivity index is 1.27. The van der Waals surface area contributed by atoms with Crippen molar-refractivity contribution in [3.8, 4) is 5.75 Å². The minimum Gasteiger partial charge on any atom is -0.490 e. The minimum atomic E-state index is -1.44. The molecule has 3 heterocycles. The van der Waals surface area contributed by atoms with Crippen molar-refractivity contribution >= 4 is 46.7 Å². The van der Waals surface area contributed by atoms with E-state index >= 15 is 0 Å². The van der Waals surface area contributed by atoms with E-state index in [4.69, 9.17) is 24.0 Å². The van der Waals surface area contributed by atoms with Gasteiger partial charge in [-0.25, -0.2) is 24.2 Å². The number of aromatic nitrogens is 1. The number of carboxylic acid groups (broad SMARTS) is 1. The molecule has 0 unspecified atom stereocenters. The summed E-state index contributed by atoms with van der Waals surface area (Å²) in [6, 6.07) is 15.2. The number of amides is 4. The van der Waals surface area contributed by atoms with Crippen molar-refractivity contribution in [2.45, 2.75) is 65.3 Å². The number of hydrogen-bond donors (Lipinski definition) is 2. The number of esters is 1. The lowest BCUT2D eigenvalue weighted by molar-refractivity contribution is -0.193. The molecule has 2 aliphatic heterocycles. The van der Waals surface area contributed by atoms with Crippen molar-refractivity contribution in [2.75, 3.05) is 44.2 Å². The Morgan fingerprint density at radius 2 is 1.60 bits per heavy atom. The van der Waals surface area contributed by atoms with Crippen LogP contribution in [-0.2, 0) is 19.1 Å². The highest BCUT2D eigenvalue weighted by atomic mass is 16.7. The van der Waals surface area contributed by atoms with E-state index in [0.717, 1.165) is 5.39 Å². The van der Waals surface area contributed by atoms with Gasteiger partial charge in [0.2, 0.25) is 6.10 Å². The smallest absolute Gasteiger partial charge is 0.407 e. The van der Waals surface area contributed by atoms with Crippen LogP contribution in [0.1, 0.15) is 68.7 Å². The van der Waals surface area contributed by atoms with Crippen LogP contribution < -0.4 is 15.0 Å². The maximum atomic E-state index is 13.2. The third-order valence-corrected chi connectivity index (χ3v) is 8.01. The summed E-state index contributed by atoms with van der Waals surface area (Å²) in [6.45, 7) is 12.5. The number of pyridine rings is 1. The number of alkyl carbamates (subject to hydrolysis) is 1. The molecular formula is C37H45N5O10. The molecule has 1 fully saturated rings. The zero-order valence-corrected chi connectivity index (χ0v) is 30.2. The molecule has 0 saturated carbocycles. The first-order valence-electron chi connectivity index (χ1n) is 17.1. The van der Waals surface area contributed by atoms with Crippen molar-refractivity contribution in [3.63, 3.8) is 0 Å². The zero-order valence-electron chi connectivity index (χ0n) is 30.2. The second-order valence-corrected chi connectivity index (χ2v) is 14.7. The van der Waals surface area contributed by atoms with E-state index in [0.29, 0.717) is 61.3 Å².